The van der Waals surface area contributed by atoms with E-state index in [1.54, 1.807) is 18.5 Å². The smallest absolute Gasteiger partial charge is 0.337 e. The number of carbonyl (C=O) groups is 1. The molecule has 1 N–H and O–H groups in total. The predicted octanol–water partition coefficient (Wildman–Crippen LogP) is 1.26. The van der Waals surface area contributed by atoms with E-state index in [2.05, 4.69) is 20.3 Å². The summed E-state index contributed by atoms with van der Waals surface area (Å²) >= 11 is 0. The SMILES string of the molecule is COC(=O)c1ccc(NCCc2nncn2C)cc1. The molecule has 0 bridgehead atoms. The first-order valence-electron chi connectivity index (χ1n) is 5.96. The van der Waals surface area contributed by atoms with Crippen LogP contribution in [0.1, 0.15) is 16.2 Å². The fraction of sp³-hybridized carbons (Fsp3) is 0.308. The van der Waals surface area contributed by atoms with Gasteiger partial charge < -0.3 is 14.6 Å². The van der Waals surface area contributed by atoms with E-state index in [1.165, 1.54) is 7.11 Å². The molecule has 6 heteroatoms. The summed E-state index contributed by atoms with van der Waals surface area (Å²) in [7, 11) is 3.29. The third-order valence-electron chi connectivity index (χ3n) is 2.79. The minimum absolute atomic E-state index is 0.328. The van der Waals surface area contributed by atoms with Gasteiger partial charge in [0, 0.05) is 25.7 Å². The van der Waals surface area contributed by atoms with Gasteiger partial charge in [0.05, 0.1) is 12.7 Å². The summed E-state index contributed by atoms with van der Waals surface area (Å²) in [6.07, 6.45) is 2.47. The zero-order chi connectivity index (χ0) is 13.7. The zero-order valence-corrected chi connectivity index (χ0v) is 11.0. The second-order valence-corrected chi connectivity index (χ2v) is 4.10. The number of carbonyl (C=O) groups excluding carboxylic acids is 1. The summed E-state index contributed by atoms with van der Waals surface area (Å²) in [6, 6.07) is 7.17. The van der Waals surface area contributed by atoms with Gasteiger partial charge in [0.25, 0.3) is 0 Å². The number of rotatable bonds is 5. The molecule has 100 valence electrons. The molecule has 1 aromatic carbocycles. The lowest BCUT2D eigenvalue weighted by atomic mass is 10.2. The van der Waals surface area contributed by atoms with Gasteiger partial charge in [-0.15, -0.1) is 10.2 Å². The molecular weight excluding hydrogens is 244 g/mol. The molecule has 0 spiro atoms. The van der Waals surface area contributed by atoms with Crippen LogP contribution in [0.15, 0.2) is 30.6 Å². The van der Waals surface area contributed by atoms with Crippen LogP contribution in [-0.4, -0.2) is 34.4 Å². The van der Waals surface area contributed by atoms with Crippen molar-refractivity contribution in [2.75, 3.05) is 19.0 Å². The standard InChI is InChI=1S/C13H16N4O2/c1-17-9-15-16-12(17)7-8-14-11-5-3-10(4-6-11)13(18)19-2/h3-6,9,14H,7-8H2,1-2H3. The Morgan fingerprint density at radius 3 is 2.68 bits per heavy atom. The summed E-state index contributed by atoms with van der Waals surface area (Å²) < 4.78 is 6.53. The molecule has 0 fully saturated rings. The predicted molar refractivity (Wildman–Crippen MR) is 71.0 cm³/mol. The Kier molecular flexibility index (Phi) is 4.12. The Hall–Kier alpha value is -2.37. The van der Waals surface area contributed by atoms with E-state index in [1.807, 2.05) is 23.7 Å². The first-order chi connectivity index (χ1) is 9.20. The fourth-order valence-electron chi connectivity index (χ4n) is 1.69. The highest BCUT2D eigenvalue weighted by Gasteiger charge is 2.04. The lowest BCUT2D eigenvalue weighted by Gasteiger charge is -2.06. The van der Waals surface area contributed by atoms with E-state index in [0.29, 0.717) is 5.56 Å². The van der Waals surface area contributed by atoms with Crippen LogP contribution in [0.2, 0.25) is 0 Å². The van der Waals surface area contributed by atoms with E-state index in [0.717, 1.165) is 24.5 Å². The summed E-state index contributed by atoms with van der Waals surface area (Å²) in [5.41, 5.74) is 1.50. The van der Waals surface area contributed by atoms with Crippen LogP contribution in [0.5, 0.6) is 0 Å². The van der Waals surface area contributed by atoms with Crippen molar-refractivity contribution in [3.63, 3.8) is 0 Å². The number of esters is 1. The lowest BCUT2D eigenvalue weighted by molar-refractivity contribution is 0.0601. The van der Waals surface area contributed by atoms with Crippen molar-refractivity contribution >= 4 is 11.7 Å². The van der Waals surface area contributed by atoms with E-state index >= 15 is 0 Å². The average molecular weight is 260 g/mol. The molecule has 0 saturated carbocycles. The summed E-state index contributed by atoms with van der Waals surface area (Å²) in [6.45, 7) is 0.754. The molecule has 0 unspecified atom stereocenters. The number of hydrogen-bond acceptors (Lipinski definition) is 5. The van der Waals surface area contributed by atoms with Gasteiger partial charge in [-0.2, -0.15) is 0 Å². The number of methoxy groups -OCH3 is 1. The van der Waals surface area contributed by atoms with Gasteiger partial charge in [0.2, 0.25) is 0 Å². The second kappa shape index (κ2) is 5.99. The van der Waals surface area contributed by atoms with E-state index in [4.69, 9.17) is 0 Å². The number of aromatic nitrogens is 3. The average Bonchev–Trinajstić information content (AvgIpc) is 2.84. The Morgan fingerprint density at radius 1 is 1.37 bits per heavy atom. The van der Waals surface area contributed by atoms with E-state index in [-0.39, 0.29) is 5.97 Å². The molecule has 0 atom stereocenters. The number of nitrogens with one attached hydrogen (secondary N) is 1. The van der Waals surface area contributed by atoms with Crippen molar-refractivity contribution in [2.24, 2.45) is 7.05 Å². The van der Waals surface area contributed by atoms with Crippen LogP contribution in [0.25, 0.3) is 0 Å². The molecular formula is C13H16N4O2. The van der Waals surface area contributed by atoms with Gasteiger partial charge in [-0.25, -0.2) is 4.79 Å². The molecule has 1 aromatic heterocycles. The molecule has 0 aliphatic rings. The number of ether oxygens (including phenoxy) is 1. The third-order valence-corrected chi connectivity index (χ3v) is 2.79. The molecule has 19 heavy (non-hydrogen) atoms. The Labute approximate surface area is 111 Å². The molecule has 1 heterocycles. The van der Waals surface area contributed by atoms with Crippen molar-refractivity contribution in [3.8, 4) is 0 Å². The fourth-order valence-corrected chi connectivity index (χ4v) is 1.69. The number of benzene rings is 1. The first-order valence-corrected chi connectivity index (χ1v) is 5.96. The highest BCUT2D eigenvalue weighted by Crippen LogP contribution is 2.10. The summed E-state index contributed by atoms with van der Waals surface area (Å²) in [4.78, 5) is 11.3. The Bertz CT molecular complexity index is 548. The van der Waals surface area contributed by atoms with Gasteiger partial charge in [-0.3, -0.25) is 0 Å². The zero-order valence-electron chi connectivity index (χ0n) is 11.0. The number of hydrogen-bond donors (Lipinski definition) is 1. The largest absolute Gasteiger partial charge is 0.465 e. The Morgan fingerprint density at radius 2 is 2.11 bits per heavy atom. The number of aryl methyl sites for hydroxylation is 1. The normalized spacial score (nSPS) is 10.2. The molecule has 2 aromatic rings. The van der Waals surface area contributed by atoms with Gasteiger partial charge in [-0.05, 0) is 24.3 Å². The van der Waals surface area contributed by atoms with Crippen LogP contribution >= 0.6 is 0 Å². The number of anilines is 1. The van der Waals surface area contributed by atoms with Crippen LogP contribution in [-0.2, 0) is 18.2 Å². The number of nitrogens with zero attached hydrogens (tertiary/aromatic N) is 3. The molecule has 0 aliphatic heterocycles. The maximum absolute atomic E-state index is 11.3. The van der Waals surface area contributed by atoms with E-state index in [9.17, 15) is 4.79 Å². The van der Waals surface area contributed by atoms with Crippen molar-refractivity contribution in [3.05, 3.63) is 42.0 Å². The first kappa shape index (κ1) is 13.1. The van der Waals surface area contributed by atoms with E-state index < -0.39 is 0 Å². The molecule has 0 radical (unpaired) electrons. The maximum atomic E-state index is 11.3. The summed E-state index contributed by atoms with van der Waals surface area (Å²) in [5, 5.41) is 11.1. The van der Waals surface area contributed by atoms with Gasteiger partial charge in [0.15, 0.2) is 0 Å². The van der Waals surface area contributed by atoms with Crippen molar-refractivity contribution in [2.45, 2.75) is 6.42 Å². The highest BCUT2D eigenvalue weighted by atomic mass is 16.5. The minimum atomic E-state index is -0.328. The molecule has 0 saturated heterocycles. The van der Waals surface area contributed by atoms with Gasteiger partial charge in [0.1, 0.15) is 12.2 Å². The quantitative estimate of drug-likeness (QED) is 0.819. The third kappa shape index (κ3) is 3.31. The minimum Gasteiger partial charge on any atom is -0.465 e. The van der Waals surface area contributed by atoms with Crippen LogP contribution in [0.4, 0.5) is 5.69 Å². The van der Waals surface area contributed by atoms with Crippen molar-refractivity contribution in [1.29, 1.82) is 0 Å². The van der Waals surface area contributed by atoms with Crippen LogP contribution in [0.3, 0.4) is 0 Å². The molecule has 6 nitrogen and oxygen atoms in total. The molecule has 2 rings (SSSR count). The van der Waals surface area contributed by atoms with Crippen LogP contribution in [0, 0.1) is 0 Å². The van der Waals surface area contributed by atoms with Gasteiger partial charge >= 0.3 is 5.97 Å². The maximum Gasteiger partial charge on any atom is 0.337 e. The topological polar surface area (TPSA) is 69.0 Å². The highest BCUT2D eigenvalue weighted by molar-refractivity contribution is 5.89. The molecule has 0 aliphatic carbocycles. The van der Waals surface area contributed by atoms with Crippen molar-refractivity contribution in [1.82, 2.24) is 14.8 Å². The summed E-state index contributed by atoms with van der Waals surface area (Å²) in [5.74, 6) is 0.601. The second-order valence-electron chi connectivity index (χ2n) is 4.10. The van der Waals surface area contributed by atoms with Gasteiger partial charge in [-0.1, -0.05) is 0 Å². The monoisotopic (exact) mass is 260 g/mol. The van der Waals surface area contributed by atoms with Crippen LogP contribution < -0.4 is 5.32 Å². The molecule has 0 amide bonds. The Balaban J connectivity index is 1.86. The lowest BCUT2D eigenvalue weighted by Crippen LogP contribution is -2.09. The van der Waals surface area contributed by atoms with Crippen molar-refractivity contribution < 1.29 is 9.53 Å².